The molecule has 2 aliphatic carbocycles. The van der Waals surface area contributed by atoms with Crippen LogP contribution in [0.2, 0.25) is 0 Å². The van der Waals surface area contributed by atoms with Crippen molar-refractivity contribution in [1.29, 1.82) is 0 Å². The van der Waals surface area contributed by atoms with Crippen LogP contribution >= 0.6 is 11.3 Å². The van der Waals surface area contributed by atoms with Crippen molar-refractivity contribution in [3.8, 4) is 22.2 Å². The van der Waals surface area contributed by atoms with Crippen molar-refractivity contribution < 1.29 is 37.1 Å². The number of pyridine rings is 1. The number of sulfonamides is 1. The summed E-state index contributed by atoms with van der Waals surface area (Å²) in [6.07, 6.45) is 7.76. The molecule has 2 aromatic carbocycles. The van der Waals surface area contributed by atoms with Crippen molar-refractivity contribution in [1.82, 2.24) is 24.9 Å². The van der Waals surface area contributed by atoms with E-state index in [-0.39, 0.29) is 36.8 Å². The van der Waals surface area contributed by atoms with Crippen molar-refractivity contribution >= 4 is 61.6 Å². The summed E-state index contributed by atoms with van der Waals surface area (Å²) in [5.74, 6) is -1.44. The van der Waals surface area contributed by atoms with Crippen LogP contribution in [0.3, 0.4) is 0 Å². The number of hydrogen-bond acceptors (Lipinski definition) is 12. The summed E-state index contributed by atoms with van der Waals surface area (Å²) in [4.78, 5) is 67.4. The summed E-state index contributed by atoms with van der Waals surface area (Å²) < 4.78 is 40.4. The van der Waals surface area contributed by atoms with E-state index in [0.717, 1.165) is 24.1 Å². The maximum atomic E-state index is 15.0. The Bertz CT molecular complexity index is 2610. The number of thiazole rings is 1. The van der Waals surface area contributed by atoms with E-state index in [1.807, 2.05) is 42.7 Å². The number of fused-ring (bicyclic) bond motifs is 3. The van der Waals surface area contributed by atoms with Gasteiger partial charge in [-0.3, -0.25) is 23.9 Å². The number of allylic oxidation sites excluding steroid dienone is 1. The Kier molecular flexibility index (Phi) is 12.0. The van der Waals surface area contributed by atoms with Crippen LogP contribution in [0.15, 0.2) is 60.0 Å². The molecule has 63 heavy (non-hydrogen) atoms. The van der Waals surface area contributed by atoms with Crippen molar-refractivity contribution in [2.75, 3.05) is 19.0 Å². The number of hydrogen-bond donors (Lipinski definition) is 4. The van der Waals surface area contributed by atoms with Gasteiger partial charge in [0.2, 0.25) is 27.7 Å². The first-order valence-corrected chi connectivity index (χ1v) is 24.0. The molecule has 0 spiro atoms. The summed E-state index contributed by atoms with van der Waals surface area (Å²) in [5.41, 5.74) is 7.87. The summed E-state index contributed by atoms with van der Waals surface area (Å²) >= 11 is 1.48. The van der Waals surface area contributed by atoms with Crippen LogP contribution in [0, 0.1) is 12.8 Å². The number of rotatable bonds is 11. The Morgan fingerprint density at radius 1 is 1.06 bits per heavy atom. The zero-order chi connectivity index (χ0) is 44.8. The predicted octanol–water partition coefficient (Wildman–Crippen LogP) is 6.12. The zero-order valence-corrected chi connectivity index (χ0v) is 37.9. The highest BCUT2D eigenvalue weighted by Gasteiger charge is 2.63. The summed E-state index contributed by atoms with van der Waals surface area (Å²) in [6, 6.07) is 10.3. The van der Waals surface area contributed by atoms with Gasteiger partial charge < -0.3 is 30.7 Å². The van der Waals surface area contributed by atoms with Gasteiger partial charge in [0.1, 0.15) is 45.9 Å². The summed E-state index contributed by atoms with van der Waals surface area (Å²) in [5, 5.41) is 9.73. The lowest BCUT2D eigenvalue weighted by atomic mass is 10.0. The minimum Gasteiger partial charge on any atom is -0.496 e. The number of anilines is 1. The van der Waals surface area contributed by atoms with Crippen molar-refractivity contribution in [3.05, 3.63) is 76.8 Å². The maximum absolute atomic E-state index is 15.0. The molecular weight excluding hydrogens is 843 g/mol. The van der Waals surface area contributed by atoms with Crippen LogP contribution in [0.25, 0.3) is 21.6 Å². The highest BCUT2D eigenvalue weighted by Crippen LogP contribution is 2.48. The molecule has 1 saturated heterocycles. The second-order valence-electron chi connectivity index (χ2n) is 17.9. The van der Waals surface area contributed by atoms with E-state index in [4.69, 9.17) is 25.2 Å². The quantitative estimate of drug-likeness (QED) is 0.126. The van der Waals surface area contributed by atoms with Gasteiger partial charge in [0.25, 0.3) is 5.91 Å². The Morgan fingerprint density at radius 3 is 2.57 bits per heavy atom. The van der Waals surface area contributed by atoms with Crippen molar-refractivity contribution in [3.63, 3.8) is 0 Å². The molecular formula is C46H55N7O8S2. The van der Waals surface area contributed by atoms with Crippen LogP contribution in [-0.4, -0.2) is 89.0 Å². The number of carbonyl (C=O) groups excluding carboxylic acids is 4. The standard InChI is InChI=1S/C46H55N7O8S2/c1-26(2)35-25-62-42(50-35)34-22-38(32-16-17-37(60-5)27(3)39(32)49-34)61-31-21-36-41(55)51-46(44(57)52-63(58,59)45(4)18-19-45)23-29(46)13-9-7-6-8-10-15-33(43(56)53(36)24-31)48-30-14-11-12-28(20-30)40(47)54/h9,11-14,16-17,20,22,25-26,29,31,33,36,48H,6-8,10,15,18-19,21,23-24H2,1-5H3,(H2,47,54)(H,51,55)(H,52,57)/b13-9-/t29-,31+,33-,36-,46+/m0/s1. The number of nitrogens with two attached hydrogens (primary N) is 1. The van der Waals surface area contributed by atoms with Gasteiger partial charge in [-0.2, -0.15) is 0 Å². The smallest absolute Gasteiger partial charge is 0.259 e. The van der Waals surface area contributed by atoms with Gasteiger partial charge in [0, 0.05) is 46.0 Å². The molecule has 4 amide bonds. The molecule has 8 rings (SSSR count). The normalized spacial score (nSPS) is 25.2. The van der Waals surface area contributed by atoms with Crippen LogP contribution in [-0.2, 0) is 24.4 Å². The minimum absolute atomic E-state index is 0.0225. The first-order valence-electron chi connectivity index (χ1n) is 21.7. The molecule has 15 nitrogen and oxygen atoms in total. The fourth-order valence-electron chi connectivity index (χ4n) is 8.57. The van der Waals surface area contributed by atoms with Gasteiger partial charge >= 0.3 is 0 Å². The highest BCUT2D eigenvalue weighted by atomic mass is 32.2. The molecule has 0 unspecified atom stereocenters. The third-order valence-corrected chi connectivity index (χ3v) is 16.0. The largest absolute Gasteiger partial charge is 0.496 e. The van der Waals surface area contributed by atoms with E-state index >= 15 is 4.79 Å². The van der Waals surface area contributed by atoms with Gasteiger partial charge in [-0.15, -0.1) is 11.3 Å². The molecule has 4 aromatic rings. The molecule has 2 aromatic heterocycles. The lowest BCUT2D eigenvalue weighted by molar-refractivity contribution is -0.140. The zero-order valence-electron chi connectivity index (χ0n) is 36.2. The molecule has 0 bridgehead atoms. The van der Waals surface area contributed by atoms with Gasteiger partial charge in [-0.1, -0.05) is 44.9 Å². The molecule has 334 valence electrons. The fraction of sp³-hybridized carbons (Fsp3) is 0.478. The first-order chi connectivity index (χ1) is 30.0. The Labute approximate surface area is 371 Å². The molecule has 2 aliphatic heterocycles. The summed E-state index contributed by atoms with van der Waals surface area (Å²) in [6.45, 7) is 7.70. The first kappa shape index (κ1) is 44.1. The summed E-state index contributed by atoms with van der Waals surface area (Å²) in [7, 11) is -2.41. The number of amides is 4. The SMILES string of the molecule is COc1ccc2c(O[C@@H]3C[C@H]4C(=O)N[C@]5(C(=O)NS(=O)(=O)C6(C)CC6)C[C@@H]5/C=C\CCCCC[C@H](Nc5cccc(C(N)=O)c5)C(=O)N4C3)cc(-c3nc(C(C)C)cs3)nc2c1C. The second-order valence-corrected chi connectivity index (χ2v) is 20.9. The van der Waals surface area contributed by atoms with Gasteiger partial charge in [-0.05, 0) is 88.6 Å². The van der Waals surface area contributed by atoms with Crippen LogP contribution < -0.4 is 30.6 Å². The fourth-order valence-corrected chi connectivity index (χ4v) is 10.8. The Balaban J connectivity index is 1.16. The van der Waals surface area contributed by atoms with E-state index < -0.39 is 62.1 Å². The van der Waals surface area contributed by atoms with Crippen molar-refractivity contribution in [2.24, 2.45) is 11.7 Å². The van der Waals surface area contributed by atoms with E-state index in [0.29, 0.717) is 70.9 Å². The van der Waals surface area contributed by atoms with Gasteiger partial charge in [0.15, 0.2) is 0 Å². The number of aryl methyl sites for hydroxylation is 1. The Morgan fingerprint density at radius 2 is 1.86 bits per heavy atom. The minimum atomic E-state index is -4.01. The lowest BCUT2D eigenvalue weighted by Gasteiger charge is -2.30. The Hall–Kier alpha value is -5.55. The number of primary amides is 1. The lowest BCUT2D eigenvalue weighted by Crippen LogP contribution is -2.58. The second kappa shape index (κ2) is 17.2. The molecule has 4 aliphatic rings. The number of nitrogens with zero attached hydrogens (tertiary/aromatic N) is 3. The van der Waals surface area contributed by atoms with E-state index in [9.17, 15) is 22.8 Å². The van der Waals surface area contributed by atoms with Gasteiger partial charge in [0.05, 0.1) is 29.6 Å². The number of nitrogens with one attached hydrogen (secondary N) is 3. The maximum Gasteiger partial charge on any atom is 0.259 e. The van der Waals surface area contributed by atoms with Crippen LogP contribution in [0.4, 0.5) is 5.69 Å². The molecule has 5 N–H and O–H groups in total. The average molecular weight is 898 g/mol. The third-order valence-electron chi connectivity index (χ3n) is 13.0. The van der Waals surface area contributed by atoms with Gasteiger partial charge in [-0.25, -0.2) is 18.4 Å². The molecule has 4 heterocycles. The number of ether oxygens (including phenoxy) is 2. The number of benzene rings is 2. The molecule has 5 atom stereocenters. The van der Waals surface area contributed by atoms with Crippen LogP contribution in [0.5, 0.6) is 11.5 Å². The highest BCUT2D eigenvalue weighted by molar-refractivity contribution is 7.91. The molecule has 0 radical (unpaired) electrons. The predicted molar refractivity (Wildman–Crippen MR) is 241 cm³/mol. The third kappa shape index (κ3) is 8.86. The van der Waals surface area contributed by atoms with Crippen molar-refractivity contribution in [2.45, 2.75) is 120 Å². The number of carbonyl (C=O) groups is 4. The molecule has 17 heteroatoms. The van der Waals surface area contributed by atoms with E-state index in [2.05, 4.69) is 29.2 Å². The van der Waals surface area contributed by atoms with E-state index in [1.54, 1.807) is 38.3 Å². The molecule has 3 fully saturated rings. The molecule has 2 saturated carbocycles. The topological polar surface area (TPSA) is 212 Å². The number of methoxy groups -OCH3 is 1. The number of aromatic nitrogens is 2. The average Bonchev–Trinajstić information content (AvgIpc) is 4.02. The van der Waals surface area contributed by atoms with Crippen LogP contribution in [0.1, 0.15) is 106 Å². The van der Waals surface area contributed by atoms with E-state index in [1.165, 1.54) is 16.2 Å². The monoisotopic (exact) mass is 897 g/mol.